The Labute approximate surface area is 249 Å². The Kier molecular flexibility index (Phi) is 11.0. The molecular formula is C22H33N7O13P2. The Hall–Kier alpha value is -2.68. The number of hydrogen-bond donors (Lipinski definition) is 8. The zero-order chi connectivity index (χ0) is 32.2. The molecule has 1 amide bonds. The number of phosphoric acid groups is 2. The van der Waals surface area contributed by atoms with E-state index >= 15 is 0 Å². The monoisotopic (exact) mass is 665 g/mol. The number of aromatic nitrogens is 4. The maximum atomic E-state index is 12.4. The number of carbonyl (C=O) groups is 1. The maximum absolute atomic E-state index is 12.4. The van der Waals surface area contributed by atoms with Crippen LogP contribution in [-0.2, 0) is 36.8 Å². The molecule has 9 unspecified atom stereocenters. The highest BCUT2D eigenvalue weighted by molar-refractivity contribution is 7.61. The number of anilines is 1. The summed E-state index contributed by atoms with van der Waals surface area (Å²) >= 11 is 0. The molecule has 0 aromatic carbocycles. The average Bonchev–Trinajstić information content (AvgIpc) is 3.62. The SMILES string of the molecule is C/C=C\C=C(/CNC1OC(COP(=O)(O)OP(=O)(O)OCC2OC(n3cnc4c(N)ncnc43)CC2O)C(O)C1O)C(N)=O. The zero-order valence-electron chi connectivity index (χ0n) is 23.1. The molecule has 2 aromatic heterocycles. The molecule has 10 N–H and O–H groups in total. The molecule has 22 heteroatoms. The van der Waals surface area contributed by atoms with Crippen molar-refractivity contribution in [2.45, 2.75) is 56.3 Å². The first kappa shape index (κ1) is 34.2. The molecule has 4 heterocycles. The van der Waals surface area contributed by atoms with Crippen molar-refractivity contribution in [1.29, 1.82) is 0 Å². The van der Waals surface area contributed by atoms with Crippen LogP contribution in [0.2, 0.25) is 0 Å². The molecule has 244 valence electrons. The summed E-state index contributed by atoms with van der Waals surface area (Å²) in [5.74, 6) is -0.603. The number of ether oxygens (including phenoxy) is 2. The van der Waals surface area contributed by atoms with Gasteiger partial charge in [0.15, 0.2) is 11.5 Å². The highest BCUT2D eigenvalue weighted by Gasteiger charge is 2.45. The Bertz CT molecular complexity index is 1490. The number of primary amides is 1. The van der Waals surface area contributed by atoms with E-state index in [1.807, 2.05) is 0 Å². The van der Waals surface area contributed by atoms with E-state index < -0.39 is 77.7 Å². The van der Waals surface area contributed by atoms with Gasteiger partial charge in [-0.25, -0.2) is 24.1 Å². The molecule has 0 radical (unpaired) electrons. The number of allylic oxidation sites excluding steroid dienone is 3. The molecule has 0 bridgehead atoms. The van der Waals surface area contributed by atoms with Crippen LogP contribution in [0.1, 0.15) is 19.6 Å². The van der Waals surface area contributed by atoms with Gasteiger partial charge in [-0.3, -0.25) is 23.7 Å². The van der Waals surface area contributed by atoms with Gasteiger partial charge in [-0.05, 0) is 6.92 Å². The first-order valence-corrected chi connectivity index (χ1v) is 16.0. The molecule has 2 saturated heterocycles. The lowest BCUT2D eigenvalue weighted by Gasteiger charge is -2.20. The van der Waals surface area contributed by atoms with Gasteiger partial charge in [0.2, 0.25) is 5.91 Å². The molecule has 0 saturated carbocycles. The second-order valence-electron chi connectivity index (χ2n) is 9.66. The Morgan fingerprint density at radius 2 is 1.80 bits per heavy atom. The minimum atomic E-state index is -5.30. The summed E-state index contributed by atoms with van der Waals surface area (Å²) in [6, 6.07) is 0. The van der Waals surface area contributed by atoms with E-state index in [2.05, 4.69) is 29.1 Å². The number of aliphatic hydroxyl groups excluding tert-OH is 3. The summed E-state index contributed by atoms with van der Waals surface area (Å²) in [6.07, 6.45) is -1.65. The summed E-state index contributed by atoms with van der Waals surface area (Å²) in [5.41, 5.74) is 11.8. The second-order valence-corrected chi connectivity index (χ2v) is 12.7. The van der Waals surface area contributed by atoms with Gasteiger partial charge in [0.05, 0.1) is 25.6 Å². The highest BCUT2D eigenvalue weighted by atomic mass is 31.3. The average molecular weight is 665 g/mol. The van der Waals surface area contributed by atoms with Gasteiger partial charge in [-0.1, -0.05) is 18.2 Å². The zero-order valence-corrected chi connectivity index (χ0v) is 24.9. The fourth-order valence-corrected chi connectivity index (χ4v) is 6.43. The van der Waals surface area contributed by atoms with E-state index in [9.17, 15) is 39.0 Å². The van der Waals surface area contributed by atoms with Crippen LogP contribution in [0.5, 0.6) is 0 Å². The highest BCUT2D eigenvalue weighted by Crippen LogP contribution is 2.60. The van der Waals surface area contributed by atoms with Crippen molar-refractivity contribution in [2.24, 2.45) is 5.73 Å². The van der Waals surface area contributed by atoms with Crippen LogP contribution in [-0.4, -0.2) is 107 Å². The predicted octanol–water partition coefficient (Wildman–Crippen LogP) is -1.67. The topological polar surface area (TPSA) is 306 Å². The van der Waals surface area contributed by atoms with Gasteiger partial charge < -0.3 is 46.0 Å². The lowest BCUT2D eigenvalue weighted by atomic mass is 10.1. The van der Waals surface area contributed by atoms with Gasteiger partial charge in [0.25, 0.3) is 0 Å². The van der Waals surface area contributed by atoms with E-state index in [1.54, 1.807) is 19.1 Å². The summed E-state index contributed by atoms with van der Waals surface area (Å²) in [6.45, 7) is -0.00741. The minimum absolute atomic E-state index is 0.0168. The van der Waals surface area contributed by atoms with Crippen molar-refractivity contribution in [2.75, 3.05) is 25.5 Å². The number of aliphatic hydroxyl groups is 3. The van der Waals surface area contributed by atoms with Gasteiger partial charge in [0, 0.05) is 18.5 Å². The van der Waals surface area contributed by atoms with Crippen LogP contribution in [0, 0.1) is 0 Å². The van der Waals surface area contributed by atoms with Gasteiger partial charge in [-0.15, -0.1) is 0 Å². The predicted molar refractivity (Wildman–Crippen MR) is 148 cm³/mol. The summed E-state index contributed by atoms with van der Waals surface area (Å²) in [5, 5.41) is 33.6. The molecule has 0 spiro atoms. The molecule has 4 rings (SSSR count). The number of nitrogens with one attached hydrogen (secondary N) is 1. The number of nitrogens with two attached hydrogens (primary N) is 2. The third-order valence-electron chi connectivity index (χ3n) is 6.57. The normalized spacial score (nSPS) is 30.6. The molecule has 20 nitrogen and oxygen atoms in total. The fourth-order valence-electron chi connectivity index (χ4n) is 4.34. The van der Waals surface area contributed by atoms with E-state index in [-0.39, 0.29) is 24.4 Å². The Balaban J connectivity index is 1.26. The Morgan fingerprint density at radius 3 is 2.45 bits per heavy atom. The van der Waals surface area contributed by atoms with Crippen LogP contribution in [0.3, 0.4) is 0 Å². The lowest BCUT2D eigenvalue weighted by Crippen LogP contribution is -2.42. The largest absolute Gasteiger partial charge is 0.481 e. The van der Waals surface area contributed by atoms with Crippen molar-refractivity contribution in [3.8, 4) is 0 Å². The fraction of sp³-hybridized carbons (Fsp3) is 0.545. The van der Waals surface area contributed by atoms with Gasteiger partial charge in [-0.2, -0.15) is 4.31 Å². The van der Waals surface area contributed by atoms with E-state index in [1.165, 1.54) is 23.3 Å². The lowest BCUT2D eigenvalue weighted by molar-refractivity contribution is -0.114. The van der Waals surface area contributed by atoms with Gasteiger partial charge in [0.1, 0.15) is 48.7 Å². The molecule has 2 fully saturated rings. The third kappa shape index (κ3) is 8.32. The number of amides is 1. The standard InChI is InChI=1S/C22H33N7O13P2/c1-2-3-4-11(20(24)33)6-25-22-18(32)17(31)14(41-22)8-39-44(36,37)42-43(34,35)38-7-13-12(30)5-15(40-13)29-10-28-16-19(23)26-9-27-21(16)29/h2-4,9-10,12-15,17-18,22,25,30-32H,5-8H2,1H3,(H2,24,33)(H,34,35)(H,36,37)(H2,23,26,27)/b3-2-,11-4+. The Morgan fingerprint density at radius 1 is 1.11 bits per heavy atom. The molecule has 2 aliphatic rings. The number of nitrogens with zero attached hydrogens (tertiary/aromatic N) is 4. The summed E-state index contributed by atoms with van der Waals surface area (Å²) in [7, 11) is -10.6. The molecule has 9 atom stereocenters. The van der Waals surface area contributed by atoms with Crippen LogP contribution in [0.15, 0.2) is 36.5 Å². The van der Waals surface area contributed by atoms with Crippen molar-refractivity contribution in [1.82, 2.24) is 24.8 Å². The molecule has 0 aliphatic carbocycles. The molecular weight excluding hydrogens is 632 g/mol. The number of rotatable bonds is 14. The number of hydrogen-bond acceptors (Lipinski definition) is 16. The second kappa shape index (κ2) is 14.2. The number of phosphoric ester groups is 2. The first-order chi connectivity index (χ1) is 20.7. The number of nitrogen functional groups attached to an aromatic ring is 1. The number of carbonyl (C=O) groups excluding carboxylic acids is 1. The van der Waals surface area contributed by atoms with Crippen molar-refractivity contribution in [3.63, 3.8) is 0 Å². The van der Waals surface area contributed by atoms with Crippen molar-refractivity contribution in [3.05, 3.63) is 36.5 Å². The van der Waals surface area contributed by atoms with Crippen molar-refractivity contribution >= 4 is 38.5 Å². The minimum Gasteiger partial charge on any atom is -0.390 e. The summed E-state index contributed by atoms with van der Waals surface area (Å²) < 4.78 is 51.1. The van der Waals surface area contributed by atoms with Gasteiger partial charge >= 0.3 is 15.6 Å². The molecule has 2 aromatic rings. The molecule has 2 aliphatic heterocycles. The smallest absolute Gasteiger partial charge is 0.390 e. The van der Waals surface area contributed by atoms with Crippen molar-refractivity contribution < 1.29 is 61.9 Å². The molecule has 44 heavy (non-hydrogen) atoms. The first-order valence-electron chi connectivity index (χ1n) is 13.0. The van der Waals surface area contributed by atoms with E-state index in [4.69, 9.17) is 25.5 Å². The van der Waals surface area contributed by atoms with Crippen LogP contribution in [0.25, 0.3) is 11.2 Å². The van der Waals surface area contributed by atoms with Crippen LogP contribution in [0.4, 0.5) is 5.82 Å². The van der Waals surface area contributed by atoms with Crippen LogP contribution < -0.4 is 16.8 Å². The number of fused-ring (bicyclic) bond motifs is 1. The number of imidazole rings is 1. The van der Waals surface area contributed by atoms with E-state index in [0.717, 1.165) is 0 Å². The van der Waals surface area contributed by atoms with Crippen LogP contribution >= 0.6 is 15.6 Å². The van der Waals surface area contributed by atoms with E-state index in [0.29, 0.717) is 11.2 Å². The maximum Gasteiger partial charge on any atom is 0.481 e. The quantitative estimate of drug-likeness (QED) is 0.0635. The summed E-state index contributed by atoms with van der Waals surface area (Å²) in [4.78, 5) is 43.6. The third-order valence-corrected chi connectivity index (χ3v) is 9.18.